The van der Waals surface area contributed by atoms with Crippen LogP contribution in [0.15, 0.2) is 12.5 Å². The van der Waals surface area contributed by atoms with Gasteiger partial charge in [0.05, 0.1) is 5.69 Å². The summed E-state index contributed by atoms with van der Waals surface area (Å²) in [6.45, 7) is 5.54. The predicted molar refractivity (Wildman–Crippen MR) is 71.1 cm³/mol. The molecule has 4 nitrogen and oxygen atoms in total. The van der Waals surface area contributed by atoms with Crippen molar-refractivity contribution in [2.75, 3.05) is 4.43 Å². The Hall–Kier alpha value is -0.590. The number of ether oxygens (including phenoxy) is 1. The second-order valence-corrected chi connectivity index (χ2v) is 5.62. The number of alkyl halides is 1. The quantitative estimate of drug-likeness (QED) is 0.630. The van der Waals surface area contributed by atoms with E-state index in [1.807, 2.05) is 20.8 Å². The standard InChI is InChI=1S/C11H17IN2O2/c1-11(2,3)16-10(15)14-7-9(13-8-14)5-4-6-12/h7-8H,4-6H2,1-3H3. The maximum atomic E-state index is 11.6. The van der Waals surface area contributed by atoms with E-state index in [1.165, 1.54) is 10.9 Å². The lowest BCUT2D eigenvalue weighted by atomic mass is 10.2. The third kappa shape index (κ3) is 4.51. The largest absolute Gasteiger partial charge is 0.443 e. The van der Waals surface area contributed by atoms with Gasteiger partial charge in [0.1, 0.15) is 11.9 Å². The fraction of sp³-hybridized carbons (Fsp3) is 0.636. The smallest absolute Gasteiger partial charge is 0.419 e. The fourth-order valence-corrected chi connectivity index (χ4v) is 1.54. The summed E-state index contributed by atoms with van der Waals surface area (Å²) >= 11 is 2.33. The lowest BCUT2D eigenvalue weighted by Crippen LogP contribution is -2.26. The Morgan fingerprint density at radius 3 is 2.81 bits per heavy atom. The van der Waals surface area contributed by atoms with Crippen LogP contribution in [0.1, 0.15) is 32.9 Å². The van der Waals surface area contributed by atoms with Crippen molar-refractivity contribution in [2.24, 2.45) is 0 Å². The van der Waals surface area contributed by atoms with Crippen molar-refractivity contribution in [1.29, 1.82) is 0 Å². The molecule has 5 heteroatoms. The monoisotopic (exact) mass is 336 g/mol. The van der Waals surface area contributed by atoms with Gasteiger partial charge in [-0.25, -0.2) is 14.3 Å². The van der Waals surface area contributed by atoms with E-state index < -0.39 is 5.60 Å². The number of carbonyl (C=O) groups is 1. The molecule has 0 spiro atoms. The van der Waals surface area contributed by atoms with Gasteiger partial charge in [-0.1, -0.05) is 22.6 Å². The minimum Gasteiger partial charge on any atom is -0.443 e. The summed E-state index contributed by atoms with van der Waals surface area (Å²) in [6, 6.07) is 0. The first-order valence-electron chi connectivity index (χ1n) is 5.24. The van der Waals surface area contributed by atoms with E-state index >= 15 is 0 Å². The Morgan fingerprint density at radius 2 is 2.25 bits per heavy atom. The van der Waals surface area contributed by atoms with E-state index in [2.05, 4.69) is 27.6 Å². The van der Waals surface area contributed by atoms with Crippen molar-refractivity contribution in [3.05, 3.63) is 18.2 Å². The van der Waals surface area contributed by atoms with Crippen LogP contribution in [0.3, 0.4) is 0 Å². The lowest BCUT2D eigenvalue weighted by Gasteiger charge is -2.19. The topological polar surface area (TPSA) is 44.1 Å². The first-order chi connectivity index (χ1) is 7.42. The summed E-state index contributed by atoms with van der Waals surface area (Å²) in [5, 5.41) is 0. The Kier molecular flexibility index (Phi) is 4.76. The maximum Gasteiger partial charge on any atom is 0.419 e. The van der Waals surface area contributed by atoms with Crippen molar-refractivity contribution in [2.45, 2.75) is 39.2 Å². The second-order valence-electron chi connectivity index (χ2n) is 4.55. The molecule has 1 heterocycles. The van der Waals surface area contributed by atoms with Crippen molar-refractivity contribution in [3.8, 4) is 0 Å². The molecule has 1 aromatic rings. The van der Waals surface area contributed by atoms with Crippen LogP contribution in [0.5, 0.6) is 0 Å². The summed E-state index contributed by atoms with van der Waals surface area (Å²) in [5.41, 5.74) is 0.464. The molecule has 0 bridgehead atoms. The number of imidazole rings is 1. The van der Waals surface area contributed by atoms with E-state index in [-0.39, 0.29) is 6.09 Å². The number of hydrogen-bond acceptors (Lipinski definition) is 3. The van der Waals surface area contributed by atoms with Gasteiger partial charge in [0.25, 0.3) is 0 Å². The highest BCUT2D eigenvalue weighted by molar-refractivity contribution is 14.1. The zero-order valence-corrected chi connectivity index (χ0v) is 12.0. The van der Waals surface area contributed by atoms with Crippen LogP contribution in [0.25, 0.3) is 0 Å². The Morgan fingerprint density at radius 1 is 1.56 bits per heavy atom. The molecule has 16 heavy (non-hydrogen) atoms. The molecule has 90 valence electrons. The van der Waals surface area contributed by atoms with Crippen LogP contribution in [-0.2, 0) is 11.2 Å². The summed E-state index contributed by atoms with van der Waals surface area (Å²) in [5.74, 6) is 0. The molecule has 0 aliphatic heterocycles. The molecule has 1 aromatic heterocycles. The van der Waals surface area contributed by atoms with Gasteiger partial charge in [-0.05, 0) is 38.0 Å². The minimum absolute atomic E-state index is 0.374. The number of rotatable bonds is 3. The third-order valence-electron chi connectivity index (χ3n) is 1.81. The van der Waals surface area contributed by atoms with Crippen molar-refractivity contribution in [3.63, 3.8) is 0 Å². The molecule has 0 amide bonds. The summed E-state index contributed by atoms with van der Waals surface area (Å²) in [6.07, 6.45) is 4.85. The van der Waals surface area contributed by atoms with Gasteiger partial charge >= 0.3 is 6.09 Å². The number of aryl methyl sites for hydroxylation is 1. The number of hydrogen-bond donors (Lipinski definition) is 0. The van der Waals surface area contributed by atoms with Gasteiger partial charge in [-0.15, -0.1) is 0 Å². The molecule has 0 radical (unpaired) electrons. The number of nitrogens with zero attached hydrogens (tertiary/aromatic N) is 2. The number of halogens is 1. The average Bonchev–Trinajstić information content (AvgIpc) is 2.60. The van der Waals surface area contributed by atoms with Gasteiger partial charge in [0.2, 0.25) is 0 Å². The average molecular weight is 336 g/mol. The van der Waals surface area contributed by atoms with Gasteiger partial charge in [0, 0.05) is 6.20 Å². The summed E-state index contributed by atoms with van der Waals surface area (Å²) in [7, 11) is 0. The molecule has 0 aromatic carbocycles. The molecule has 1 rings (SSSR count). The Balaban J connectivity index is 2.60. The van der Waals surface area contributed by atoms with Crippen molar-refractivity contribution < 1.29 is 9.53 Å². The highest BCUT2D eigenvalue weighted by Gasteiger charge is 2.17. The van der Waals surface area contributed by atoms with E-state index in [0.717, 1.165) is 23.0 Å². The molecule has 0 unspecified atom stereocenters. The van der Waals surface area contributed by atoms with E-state index in [4.69, 9.17) is 4.74 Å². The summed E-state index contributed by atoms with van der Waals surface area (Å²) in [4.78, 5) is 15.8. The zero-order chi connectivity index (χ0) is 12.2. The Labute approximate surface area is 110 Å². The number of carbonyl (C=O) groups excluding carboxylic acids is 1. The SMILES string of the molecule is CC(C)(C)OC(=O)n1cnc(CCCI)c1. The predicted octanol–water partition coefficient (Wildman–Crippen LogP) is 3.03. The molecule has 0 saturated carbocycles. The van der Waals surface area contributed by atoms with E-state index in [1.54, 1.807) is 6.20 Å². The molecule has 0 saturated heterocycles. The fourth-order valence-electron chi connectivity index (χ4n) is 1.16. The van der Waals surface area contributed by atoms with Crippen LogP contribution in [0, 0.1) is 0 Å². The minimum atomic E-state index is -0.469. The van der Waals surface area contributed by atoms with Gasteiger partial charge in [-0.3, -0.25) is 0 Å². The van der Waals surface area contributed by atoms with E-state index in [0.29, 0.717) is 0 Å². The normalized spacial score (nSPS) is 11.5. The van der Waals surface area contributed by atoms with Crippen LogP contribution in [0.2, 0.25) is 0 Å². The molecular formula is C11H17IN2O2. The highest BCUT2D eigenvalue weighted by Crippen LogP contribution is 2.10. The number of aromatic nitrogens is 2. The molecule has 0 aliphatic rings. The lowest BCUT2D eigenvalue weighted by molar-refractivity contribution is 0.0536. The third-order valence-corrected chi connectivity index (χ3v) is 2.57. The molecule has 0 fully saturated rings. The maximum absolute atomic E-state index is 11.6. The first-order valence-corrected chi connectivity index (χ1v) is 6.77. The van der Waals surface area contributed by atoms with E-state index in [9.17, 15) is 4.79 Å². The molecular weight excluding hydrogens is 319 g/mol. The second kappa shape index (κ2) is 5.65. The van der Waals surface area contributed by atoms with Crippen LogP contribution in [0.4, 0.5) is 4.79 Å². The van der Waals surface area contributed by atoms with Crippen molar-refractivity contribution >= 4 is 28.7 Å². The van der Waals surface area contributed by atoms with Gasteiger partial charge in [0.15, 0.2) is 0 Å². The zero-order valence-electron chi connectivity index (χ0n) is 9.86. The van der Waals surface area contributed by atoms with Crippen LogP contribution in [-0.4, -0.2) is 25.7 Å². The highest BCUT2D eigenvalue weighted by atomic mass is 127. The van der Waals surface area contributed by atoms with Crippen LogP contribution < -0.4 is 0 Å². The summed E-state index contributed by atoms with van der Waals surface area (Å²) < 4.78 is 7.72. The molecule has 0 N–H and O–H groups in total. The Bertz CT molecular complexity index is 355. The van der Waals surface area contributed by atoms with Crippen molar-refractivity contribution in [1.82, 2.24) is 9.55 Å². The van der Waals surface area contributed by atoms with Gasteiger partial charge < -0.3 is 4.74 Å². The van der Waals surface area contributed by atoms with Crippen LogP contribution >= 0.6 is 22.6 Å². The molecule has 0 aliphatic carbocycles. The molecule has 0 atom stereocenters. The first kappa shape index (κ1) is 13.5. The van der Waals surface area contributed by atoms with Gasteiger partial charge in [-0.2, -0.15) is 0 Å².